The SMILES string of the molecule is CC(=CC1CCC(C=CC2CCC(CC=C(F)F)CC2)CC1)C1CCC(C)CC1. The first-order valence-electron chi connectivity index (χ1n) is 12.4. The molecule has 0 radical (unpaired) electrons. The van der Waals surface area contributed by atoms with Crippen LogP contribution in [0.25, 0.3) is 0 Å². The first kappa shape index (κ1) is 22.8. The van der Waals surface area contributed by atoms with Gasteiger partial charge in [-0.1, -0.05) is 43.6 Å². The minimum Gasteiger partial charge on any atom is -0.174 e. The Morgan fingerprint density at radius 3 is 1.79 bits per heavy atom. The lowest BCUT2D eigenvalue weighted by Gasteiger charge is -2.30. The van der Waals surface area contributed by atoms with Crippen molar-refractivity contribution in [3.05, 3.63) is 36.0 Å². The summed E-state index contributed by atoms with van der Waals surface area (Å²) in [6, 6.07) is 0. The Morgan fingerprint density at radius 1 is 0.724 bits per heavy atom. The Bertz CT molecular complexity index is 559. The third-order valence-corrected chi connectivity index (χ3v) is 8.13. The van der Waals surface area contributed by atoms with E-state index in [1.54, 1.807) is 5.57 Å². The molecule has 0 heterocycles. The first-order valence-corrected chi connectivity index (χ1v) is 12.4. The van der Waals surface area contributed by atoms with Crippen LogP contribution in [-0.4, -0.2) is 0 Å². The van der Waals surface area contributed by atoms with Crippen LogP contribution in [0.5, 0.6) is 0 Å². The van der Waals surface area contributed by atoms with Crippen LogP contribution in [0.15, 0.2) is 36.0 Å². The van der Waals surface area contributed by atoms with Crippen molar-refractivity contribution >= 4 is 0 Å². The van der Waals surface area contributed by atoms with E-state index in [9.17, 15) is 8.78 Å². The lowest BCUT2D eigenvalue weighted by atomic mass is 9.76. The maximum absolute atomic E-state index is 12.2. The van der Waals surface area contributed by atoms with E-state index < -0.39 is 6.08 Å². The van der Waals surface area contributed by atoms with Crippen LogP contribution >= 0.6 is 0 Å². The molecule has 0 unspecified atom stereocenters. The smallest absolute Gasteiger partial charge is 0.174 e. The summed E-state index contributed by atoms with van der Waals surface area (Å²) in [7, 11) is 0. The summed E-state index contributed by atoms with van der Waals surface area (Å²) in [5.74, 6) is 4.51. The lowest BCUT2D eigenvalue weighted by Crippen LogP contribution is -2.16. The average molecular weight is 405 g/mol. The molecular weight excluding hydrogens is 362 g/mol. The van der Waals surface area contributed by atoms with Gasteiger partial charge in [-0.3, -0.25) is 0 Å². The fourth-order valence-electron chi connectivity index (χ4n) is 5.91. The van der Waals surface area contributed by atoms with Crippen molar-refractivity contribution in [2.24, 2.45) is 35.5 Å². The second-order valence-corrected chi connectivity index (χ2v) is 10.4. The highest BCUT2D eigenvalue weighted by Crippen LogP contribution is 2.37. The molecule has 0 aromatic carbocycles. The molecule has 0 atom stereocenters. The Labute approximate surface area is 177 Å². The summed E-state index contributed by atoms with van der Waals surface area (Å²) >= 11 is 0. The average Bonchev–Trinajstić information content (AvgIpc) is 2.73. The summed E-state index contributed by atoms with van der Waals surface area (Å²) in [5, 5.41) is 0. The number of rotatable bonds is 6. The van der Waals surface area contributed by atoms with Gasteiger partial charge < -0.3 is 0 Å². The molecule has 0 aromatic heterocycles. The van der Waals surface area contributed by atoms with Crippen LogP contribution in [0.4, 0.5) is 8.78 Å². The quantitative estimate of drug-likeness (QED) is 0.387. The fraction of sp³-hybridized carbons (Fsp3) is 0.778. The van der Waals surface area contributed by atoms with E-state index in [0.717, 1.165) is 42.6 Å². The number of hydrogen-bond acceptors (Lipinski definition) is 0. The maximum atomic E-state index is 12.2. The molecule has 0 N–H and O–H groups in total. The zero-order valence-electron chi connectivity index (χ0n) is 18.7. The summed E-state index contributed by atoms with van der Waals surface area (Å²) < 4.78 is 24.5. The second-order valence-electron chi connectivity index (χ2n) is 10.4. The highest BCUT2D eigenvalue weighted by atomic mass is 19.3. The lowest BCUT2D eigenvalue weighted by molar-refractivity contribution is 0.304. The minimum absolute atomic E-state index is 0.471. The van der Waals surface area contributed by atoms with Crippen molar-refractivity contribution in [2.45, 2.75) is 97.3 Å². The predicted octanol–water partition coefficient (Wildman–Crippen LogP) is 9.10. The van der Waals surface area contributed by atoms with E-state index in [-0.39, 0.29) is 0 Å². The molecule has 3 saturated carbocycles. The van der Waals surface area contributed by atoms with Gasteiger partial charge in [0.1, 0.15) is 0 Å². The van der Waals surface area contributed by atoms with Crippen molar-refractivity contribution in [3.8, 4) is 0 Å². The number of allylic oxidation sites excluding steroid dienone is 5. The third-order valence-electron chi connectivity index (χ3n) is 8.13. The van der Waals surface area contributed by atoms with E-state index in [0.29, 0.717) is 18.3 Å². The molecule has 2 heteroatoms. The summed E-state index contributed by atoms with van der Waals surface area (Å²) in [6.45, 7) is 4.79. The van der Waals surface area contributed by atoms with E-state index in [1.165, 1.54) is 64.2 Å². The largest absolute Gasteiger partial charge is 0.266 e. The van der Waals surface area contributed by atoms with Gasteiger partial charge in [0.05, 0.1) is 0 Å². The van der Waals surface area contributed by atoms with Crippen LogP contribution < -0.4 is 0 Å². The standard InChI is InChI=1S/C27H42F2/c1-20-3-16-26(17-4-20)21(2)19-25-13-11-23(12-14-25)6-5-22-7-9-24(10-8-22)15-18-27(28)29/h5-6,18-20,22-26H,3-4,7-17H2,1-2H3. The molecule has 0 nitrogen and oxygen atoms in total. The van der Waals surface area contributed by atoms with Gasteiger partial charge in [0.15, 0.2) is 0 Å². The maximum Gasteiger partial charge on any atom is 0.266 e. The Morgan fingerprint density at radius 2 is 1.24 bits per heavy atom. The summed E-state index contributed by atoms with van der Waals surface area (Å²) in [5.41, 5.74) is 1.68. The number of hydrogen-bond donors (Lipinski definition) is 0. The van der Waals surface area contributed by atoms with Crippen LogP contribution in [0.3, 0.4) is 0 Å². The van der Waals surface area contributed by atoms with Crippen LogP contribution in [-0.2, 0) is 0 Å². The summed E-state index contributed by atoms with van der Waals surface area (Å²) in [4.78, 5) is 0. The number of halogens is 2. The van der Waals surface area contributed by atoms with Gasteiger partial charge >= 0.3 is 0 Å². The minimum atomic E-state index is -1.51. The Hall–Kier alpha value is -0.920. The molecular formula is C27H42F2. The zero-order valence-corrected chi connectivity index (χ0v) is 18.7. The van der Waals surface area contributed by atoms with Crippen molar-refractivity contribution in [1.82, 2.24) is 0 Å². The molecule has 0 spiro atoms. The van der Waals surface area contributed by atoms with Gasteiger partial charge in [0.25, 0.3) is 6.08 Å². The zero-order chi connectivity index (χ0) is 20.6. The molecule has 0 bridgehead atoms. The van der Waals surface area contributed by atoms with E-state index in [4.69, 9.17) is 0 Å². The van der Waals surface area contributed by atoms with Gasteiger partial charge in [-0.25, -0.2) is 0 Å². The van der Waals surface area contributed by atoms with E-state index >= 15 is 0 Å². The molecule has 0 saturated heterocycles. The monoisotopic (exact) mass is 404 g/mol. The van der Waals surface area contributed by atoms with Gasteiger partial charge in [-0.15, -0.1) is 0 Å². The van der Waals surface area contributed by atoms with Gasteiger partial charge in [0.2, 0.25) is 0 Å². The molecule has 3 aliphatic carbocycles. The molecule has 3 aliphatic rings. The fourth-order valence-corrected chi connectivity index (χ4v) is 5.91. The molecule has 3 fully saturated rings. The highest BCUT2D eigenvalue weighted by Gasteiger charge is 2.23. The van der Waals surface area contributed by atoms with Crippen LogP contribution in [0.1, 0.15) is 97.3 Å². The Balaban J connectivity index is 1.35. The highest BCUT2D eigenvalue weighted by molar-refractivity contribution is 5.08. The molecule has 164 valence electrons. The van der Waals surface area contributed by atoms with Crippen LogP contribution in [0, 0.1) is 35.5 Å². The molecule has 0 aliphatic heterocycles. The van der Waals surface area contributed by atoms with Crippen molar-refractivity contribution < 1.29 is 8.78 Å². The first-order chi connectivity index (χ1) is 14.0. The van der Waals surface area contributed by atoms with E-state index in [1.807, 2.05) is 0 Å². The molecule has 0 amide bonds. The van der Waals surface area contributed by atoms with Crippen molar-refractivity contribution in [3.63, 3.8) is 0 Å². The van der Waals surface area contributed by atoms with E-state index in [2.05, 4.69) is 32.1 Å². The third kappa shape index (κ3) is 7.68. The van der Waals surface area contributed by atoms with Gasteiger partial charge in [-0.05, 0) is 119 Å². The predicted molar refractivity (Wildman–Crippen MR) is 120 cm³/mol. The van der Waals surface area contributed by atoms with Crippen molar-refractivity contribution in [1.29, 1.82) is 0 Å². The topological polar surface area (TPSA) is 0 Å². The molecule has 0 aromatic rings. The Kier molecular flexibility index (Phi) is 9.00. The normalized spacial score (nSPS) is 36.9. The van der Waals surface area contributed by atoms with Gasteiger partial charge in [0, 0.05) is 0 Å². The molecule has 29 heavy (non-hydrogen) atoms. The van der Waals surface area contributed by atoms with Gasteiger partial charge in [-0.2, -0.15) is 8.78 Å². The van der Waals surface area contributed by atoms with Crippen LogP contribution in [0.2, 0.25) is 0 Å². The second kappa shape index (κ2) is 11.5. The van der Waals surface area contributed by atoms with Crippen molar-refractivity contribution in [2.75, 3.05) is 0 Å². The molecule has 3 rings (SSSR count). The summed E-state index contributed by atoms with van der Waals surface area (Å²) in [6.07, 6.45) is 23.4.